The third-order valence-corrected chi connectivity index (χ3v) is 5.25. The summed E-state index contributed by atoms with van der Waals surface area (Å²) in [6.07, 6.45) is 1.42. The van der Waals surface area contributed by atoms with Crippen LogP contribution in [-0.2, 0) is 21.4 Å². The Hall–Kier alpha value is -2.91. The maximum Gasteiger partial charge on any atom is 0.264 e. The Bertz CT molecular complexity index is 1060. The second-order valence-electron chi connectivity index (χ2n) is 5.67. The van der Waals surface area contributed by atoms with Gasteiger partial charge in [-0.2, -0.15) is 4.98 Å². The van der Waals surface area contributed by atoms with Crippen LogP contribution in [0.3, 0.4) is 0 Å². The molecule has 3 aromatic rings. The lowest BCUT2D eigenvalue weighted by molar-refractivity contribution is -0.114. The largest absolute Gasteiger partial charge is 0.326 e. The van der Waals surface area contributed by atoms with Crippen LogP contribution >= 0.6 is 11.6 Å². The van der Waals surface area contributed by atoms with E-state index in [9.17, 15) is 13.2 Å². The van der Waals surface area contributed by atoms with Crippen molar-refractivity contribution in [1.82, 2.24) is 14.8 Å². The average molecular weight is 406 g/mol. The second-order valence-corrected chi connectivity index (χ2v) is 7.76. The Balaban J connectivity index is 1.72. The van der Waals surface area contributed by atoms with Crippen molar-refractivity contribution in [1.29, 1.82) is 0 Å². The van der Waals surface area contributed by atoms with Gasteiger partial charge >= 0.3 is 0 Å². The zero-order chi connectivity index (χ0) is 19.4. The highest BCUT2D eigenvalue weighted by Gasteiger charge is 2.16. The van der Waals surface area contributed by atoms with Gasteiger partial charge in [0.05, 0.1) is 11.4 Å². The molecule has 0 spiro atoms. The maximum absolute atomic E-state index is 12.4. The Morgan fingerprint density at radius 2 is 1.85 bits per heavy atom. The van der Waals surface area contributed by atoms with Crippen molar-refractivity contribution in [2.45, 2.75) is 18.4 Å². The van der Waals surface area contributed by atoms with Gasteiger partial charge in [-0.1, -0.05) is 29.8 Å². The molecule has 2 aromatic carbocycles. The maximum atomic E-state index is 12.4. The van der Waals surface area contributed by atoms with Gasteiger partial charge in [-0.25, -0.2) is 17.8 Å². The molecule has 0 fully saturated rings. The number of nitrogens with zero attached hydrogens (tertiary/aromatic N) is 3. The van der Waals surface area contributed by atoms with Crippen LogP contribution in [0.2, 0.25) is 5.02 Å². The van der Waals surface area contributed by atoms with Crippen LogP contribution in [0.1, 0.15) is 12.5 Å². The predicted molar refractivity (Wildman–Crippen MR) is 102 cm³/mol. The van der Waals surface area contributed by atoms with E-state index >= 15 is 0 Å². The highest BCUT2D eigenvalue weighted by atomic mass is 35.5. The average Bonchev–Trinajstić information content (AvgIpc) is 3.03. The topological polar surface area (TPSA) is 106 Å². The molecule has 0 aliphatic rings. The molecule has 10 heteroatoms. The summed E-state index contributed by atoms with van der Waals surface area (Å²) >= 11 is 6.11. The van der Waals surface area contributed by atoms with Crippen LogP contribution in [-0.4, -0.2) is 29.1 Å². The van der Waals surface area contributed by atoms with E-state index in [1.54, 1.807) is 6.07 Å². The van der Waals surface area contributed by atoms with E-state index in [0.29, 0.717) is 17.3 Å². The van der Waals surface area contributed by atoms with E-state index in [1.807, 2.05) is 18.2 Å². The molecule has 0 aliphatic heterocycles. The lowest BCUT2D eigenvalue weighted by atomic mass is 10.2. The number of hydrogen-bond acceptors (Lipinski definition) is 5. The Labute approximate surface area is 161 Å². The first-order valence-corrected chi connectivity index (χ1v) is 9.73. The summed E-state index contributed by atoms with van der Waals surface area (Å²) in [6.45, 7) is 1.73. The van der Waals surface area contributed by atoms with E-state index < -0.39 is 10.0 Å². The summed E-state index contributed by atoms with van der Waals surface area (Å²) in [4.78, 5) is 15.0. The monoisotopic (exact) mass is 405 g/mol. The molecule has 3 rings (SSSR count). The fraction of sp³-hybridized carbons (Fsp3) is 0.118. The summed E-state index contributed by atoms with van der Waals surface area (Å²) < 4.78 is 28.7. The van der Waals surface area contributed by atoms with Crippen molar-refractivity contribution in [2.75, 3.05) is 10.0 Å². The quantitative estimate of drug-likeness (QED) is 0.655. The third kappa shape index (κ3) is 4.83. The molecule has 0 atom stereocenters. The molecule has 140 valence electrons. The molecular weight excluding hydrogens is 390 g/mol. The number of anilines is 2. The normalized spacial score (nSPS) is 11.2. The van der Waals surface area contributed by atoms with Crippen molar-refractivity contribution in [3.63, 3.8) is 0 Å². The van der Waals surface area contributed by atoms with Gasteiger partial charge in [0, 0.05) is 17.6 Å². The number of nitrogens with one attached hydrogen (secondary N) is 2. The summed E-state index contributed by atoms with van der Waals surface area (Å²) in [5.74, 6) is -0.287. The smallest absolute Gasteiger partial charge is 0.264 e. The van der Waals surface area contributed by atoms with Gasteiger partial charge in [0.2, 0.25) is 5.91 Å². The van der Waals surface area contributed by atoms with Crippen LogP contribution in [0.15, 0.2) is 59.8 Å². The van der Waals surface area contributed by atoms with Crippen LogP contribution in [0.5, 0.6) is 0 Å². The number of aromatic nitrogens is 3. The molecule has 0 saturated heterocycles. The van der Waals surface area contributed by atoms with E-state index in [2.05, 4.69) is 20.1 Å². The number of carbonyl (C=O) groups is 1. The second kappa shape index (κ2) is 7.77. The molecule has 1 heterocycles. The SMILES string of the molecule is CC(=O)Nc1ccc(S(=O)(=O)Nc2ncn(Cc3ccccc3Cl)n2)cc1. The first-order chi connectivity index (χ1) is 12.8. The number of rotatable bonds is 6. The Morgan fingerprint density at radius 1 is 1.15 bits per heavy atom. The number of hydrogen-bond donors (Lipinski definition) is 2. The van der Waals surface area contributed by atoms with Crippen LogP contribution in [0.4, 0.5) is 11.6 Å². The van der Waals surface area contributed by atoms with Gasteiger partial charge in [0.25, 0.3) is 16.0 Å². The molecule has 1 amide bonds. The summed E-state index contributed by atoms with van der Waals surface area (Å²) in [6, 6.07) is 13.1. The summed E-state index contributed by atoms with van der Waals surface area (Å²) in [5, 5.41) is 7.28. The molecule has 2 N–H and O–H groups in total. The number of halogens is 1. The van der Waals surface area contributed by atoms with Crippen molar-refractivity contribution in [3.8, 4) is 0 Å². The molecule has 8 nitrogen and oxygen atoms in total. The molecule has 1 aromatic heterocycles. The van der Waals surface area contributed by atoms with Crippen molar-refractivity contribution >= 4 is 39.2 Å². The van der Waals surface area contributed by atoms with Crippen molar-refractivity contribution < 1.29 is 13.2 Å². The summed E-state index contributed by atoms with van der Waals surface area (Å²) in [7, 11) is -3.85. The van der Waals surface area contributed by atoms with Gasteiger partial charge < -0.3 is 5.32 Å². The zero-order valence-electron chi connectivity index (χ0n) is 14.3. The van der Waals surface area contributed by atoms with Gasteiger partial charge in [-0.3, -0.25) is 4.79 Å². The van der Waals surface area contributed by atoms with Gasteiger partial charge in [0.15, 0.2) is 0 Å². The zero-order valence-corrected chi connectivity index (χ0v) is 15.8. The first-order valence-electron chi connectivity index (χ1n) is 7.87. The standard InChI is InChI=1S/C17H16ClN5O3S/c1-12(24)20-14-6-8-15(9-7-14)27(25,26)22-17-19-11-23(21-17)10-13-4-2-3-5-16(13)18/h2-9,11H,10H2,1H3,(H,20,24)(H,21,22). The van der Waals surface area contributed by atoms with E-state index in [0.717, 1.165) is 5.56 Å². The number of sulfonamides is 1. The first kappa shape index (κ1) is 18.9. The molecule has 0 saturated carbocycles. The molecule has 27 heavy (non-hydrogen) atoms. The number of benzene rings is 2. The molecule has 0 unspecified atom stereocenters. The van der Waals surface area contributed by atoms with Gasteiger partial charge in [-0.05, 0) is 35.9 Å². The highest BCUT2D eigenvalue weighted by molar-refractivity contribution is 7.92. The summed E-state index contributed by atoms with van der Waals surface area (Å²) in [5.41, 5.74) is 1.34. The lowest BCUT2D eigenvalue weighted by Crippen LogP contribution is -2.14. The third-order valence-electron chi connectivity index (χ3n) is 3.54. The minimum absolute atomic E-state index is 0.0269. The Morgan fingerprint density at radius 3 is 2.52 bits per heavy atom. The van der Waals surface area contributed by atoms with E-state index in [-0.39, 0.29) is 16.8 Å². The van der Waals surface area contributed by atoms with Crippen LogP contribution < -0.4 is 10.0 Å². The molecular formula is C17H16ClN5O3S. The predicted octanol–water partition coefficient (Wildman–Crippen LogP) is 2.74. The minimum atomic E-state index is -3.85. The van der Waals surface area contributed by atoms with Crippen LogP contribution in [0.25, 0.3) is 0 Å². The molecule has 0 radical (unpaired) electrons. The molecule has 0 aliphatic carbocycles. The van der Waals surface area contributed by atoms with E-state index in [4.69, 9.17) is 11.6 Å². The lowest BCUT2D eigenvalue weighted by Gasteiger charge is -2.06. The minimum Gasteiger partial charge on any atom is -0.326 e. The Kier molecular flexibility index (Phi) is 5.43. The van der Waals surface area contributed by atoms with Gasteiger partial charge in [0.1, 0.15) is 6.33 Å². The van der Waals surface area contributed by atoms with Crippen molar-refractivity contribution in [2.24, 2.45) is 0 Å². The van der Waals surface area contributed by atoms with Crippen LogP contribution in [0, 0.1) is 0 Å². The number of carbonyl (C=O) groups excluding carboxylic acids is 1. The fourth-order valence-electron chi connectivity index (χ4n) is 2.32. The van der Waals surface area contributed by atoms with Gasteiger partial charge in [-0.15, -0.1) is 5.10 Å². The van der Waals surface area contributed by atoms with Crippen molar-refractivity contribution in [3.05, 3.63) is 65.4 Å². The molecule has 0 bridgehead atoms. The highest BCUT2D eigenvalue weighted by Crippen LogP contribution is 2.18. The van der Waals surface area contributed by atoms with E-state index in [1.165, 1.54) is 42.2 Å². The fourth-order valence-corrected chi connectivity index (χ4v) is 3.46. The number of amides is 1.